The molecule has 1 atom stereocenters. The smallest absolute Gasteiger partial charge is 0.224 e. The molecule has 0 aromatic heterocycles. The molecule has 2 N–H and O–H groups in total. The summed E-state index contributed by atoms with van der Waals surface area (Å²) in [5.41, 5.74) is 0.217. The molecule has 3 nitrogen and oxygen atoms in total. The lowest BCUT2D eigenvalue weighted by molar-refractivity contribution is -0.121. The molecule has 0 radical (unpaired) electrons. The summed E-state index contributed by atoms with van der Waals surface area (Å²) in [4.78, 5) is 11.6. The van der Waals surface area contributed by atoms with Crippen molar-refractivity contribution in [2.45, 2.75) is 18.9 Å². The average Bonchev–Trinajstić information content (AvgIpc) is 2.75. The Kier molecular flexibility index (Phi) is 3.68. The number of nitrogens with one attached hydrogen (secondary N) is 2. The average molecular weight is 240 g/mol. The Morgan fingerprint density at radius 3 is 2.94 bits per heavy atom. The van der Waals surface area contributed by atoms with Crippen molar-refractivity contribution in [1.82, 2.24) is 10.6 Å². The summed E-state index contributed by atoms with van der Waals surface area (Å²) in [6, 6.07) is 3.37. The zero-order chi connectivity index (χ0) is 12.3. The molecule has 0 unspecified atom stereocenters. The van der Waals surface area contributed by atoms with E-state index in [1.165, 1.54) is 6.07 Å². The lowest BCUT2D eigenvalue weighted by atomic mass is 10.1. The van der Waals surface area contributed by atoms with Crippen molar-refractivity contribution in [3.63, 3.8) is 0 Å². The largest absolute Gasteiger partial charge is 0.352 e. The van der Waals surface area contributed by atoms with Gasteiger partial charge in [-0.05, 0) is 24.6 Å². The Morgan fingerprint density at radius 2 is 2.29 bits per heavy atom. The second-order valence-corrected chi connectivity index (χ2v) is 4.17. The van der Waals surface area contributed by atoms with Crippen LogP contribution in [0.1, 0.15) is 12.0 Å². The topological polar surface area (TPSA) is 41.1 Å². The van der Waals surface area contributed by atoms with E-state index in [0.717, 1.165) is 31.6 Å². The van der Waals surface area contributed by atoms with Gasteiger partial charge in [-0.15, -0.1) is 0 Å². The first-order chi connectivity index (χ1) is 8.15. The lowest BCUT2D eigenvalue weighted by Crippen LogP contribution is -2.37. The molecule has 1 aliphatic rings. The number of carbonyl (C=O) groups is 1. The Balaban J connectivity index is 1.93. The summed E-state index contributed by atoms with van der Waals surface area (Å²) in [6.07, 6.45) is 0.834. The van der Waals surface area contributed by atoms with Gasteiger partial charge in [0.25, 0.3) is 0 Å². The van der Waals surface area contributed by atoms with Gasteiger partial charge in [-0.3, -0.25) is 4.79 Å². The van der Waals surface area contributed by atoms with Gasteiger partial charge in [0, 0.05) is 18.7 Å². The fourth-order valence-corrected chi connectivity index (χ4v) is 1.89. The van der Waals surface area contributed by atoms with Gasteiger partial charge in [-0.2, -0.15) is 0 Å². The van der Waals surface area contributed by atoms with E-state index in [4.69, 9.17) is 0 Å². The molecule has 0 saturated carbocycles. The third-order valence-electron chi connectivity index (χ3n) is 2.79. The second kappa shape index (κ2) is 5.23. The predicted molar refractivity (Wildman–Crippen MR) is 59.5 cm³/mol. The zero-order valence-corrected chi connectivity index (χ0v) is 9.30. The summed E-state index contributed by atoms with van der Waals surface area (Å²) in [6.45, 7) is 1.63. The van der Waals surface area contributed by atoms with Crippen LogP contribution in [0.3, 0.4) is 0 Å². The number of hydrogen-bond donors (Lipinski definition) is 2. The number of halogens is 2. The molecule has 1 heterocycles. The van der Waals surface area contributed by atoms with Crippen LogP contribution in [0.2, 0.25) is 0 Å². The van der Waals surface area contributed by atoms with Crippen molar-refractivity contribution >= 4 is 5.91 Å². The SMILES string of the molecule is O=C(Cc1ccc(F)cc1F)N[C@@H]1CCNC1. The molecule has 17 heavy (non-hydrogen) atoms. The van der Waals surface area contributed by atoms with E-state index in [2.05, 4.69) is 10.6 Å². The van der Waals surface area contributed by atoms with E-state index in [1.807, 2.05) is 0 Å². The highest BCUT2D eigenvalue weighted by atomic mass is 19.1. The number of carbonyl (C=O) groups excluding carboxylic acids is 1. The van der Waals surface area contributed by atoms with Gasteiger partial charge < -0.3 is 10.6 Å². The molecule has 1 saturated heterocycles. The number of benzene rings is 1. The molecule has 1 aromatic rings. The predicted octanol–water partition coefficient (Wildman–Crippen LogP) is 0.985. The van der Waals surface area contributed by atoms with E-state index in [-0.39, 0.29) is 23.9 Å². The first-order valence-electron chi connectivity index (χ1n) is 5.59. The minimum atomic E-state index is -0.676. The first kappa shape index (κ1) is 12.0. The third-order valence-corrected chi connectivity index (χ3v) is 2.79. The molecule has 0 spiro atoms. The van der Waals surface area contributed by atoms with Crippen LogP contribution >= 0.6 is 0 Å². The minimum absolute atomic E-state index is 0.0530. The quantitative estimate of drug-likeness (QED) is 0.827. The van der Waals surface area contributed by atoms with Gasteiger partial charge in [0.15, 0.2) is 0 Å². The van der Waals surface area contributed by atoms with Crippen LogP contribution in [0.15, 0.2) is 18.2 Å². The van der Waals surface area contributed by atoms with E-state index in [0.29, 0.717) is 0 Å². The van der Waals surface area contributed by atoms with Crippen molar-refractivity contribution in [2.24, 2.45) is 0 Å². The molecule has 92 valence electrons. The highest BCUT2D eigenvalue weighted by Crippen LogP contribution is 2.10. The van der Waals surface area contributed by atoms with Gasteiger partial charge >= 0.3 is 0 Å². The molecular weight excluding hydrogens is 226 g/mol. The van der Waals surface area contributed by atoms with Crippen LogP contribution in [-0.4, -0.2) is 25.0 Å². The van der Waals surface area contributed by atoms with E-state index < -0.39 is 11.6 Å². The first-order valence-corrected chi connectivity index (χ1v) is 5.59. The normalized spacial score (nSPS) is 19.3. The maximum atomic E-state index is 13.3. The summed E-state index contributed by atoms with van der Waals surface area (Å²) < 4.78 is 26.0. The van der Waals surface area contributed by atoms with Crippen LogP contribution in [0.25, 0.3) is 0 Å². The van der Waals surface area contributed by atoms with Crippen LogP contribution in [0.5, 0.6) is 0 Å². The van der Waals surface area contributed by atoms with Gasteiger partial charge in [0.05, 0.1) is 6.42 Å². The molecule has 2 rings (SSSR count). The molecule has 5 heteroatoms. The van der Waals surface area contributed by atoms with Crippen molar-refractivity contribution in [3.8, 4) is 0 Å². The second-order valence-electron chi connectivity index (χ2n) is 4.17. The zero-order valence-electron chi connectivity index (χ0n) is 9.30. The van der Waals surface area contributed by atoms with Crippen molar-refractivity contribution < 1.29 is 13.6 Å². The maximum absolute atomic E-state index is 13.3. The van der Waals surface area contributed by atoms with Gasteiger partial charge in [-0.1, -0.05) is 6.07 Å². The Labute approximate surface area is 98.2 Å². The highest BCUT2D eigenvalue weighted by Gasteiger charge is 2.17. The summed E-state index contributed by atoms with van der Waals surface area (Å²) >= 11 is 0. The Hall–Kier alpha value is -1.49. The third kappa shape index (κ3) is 3.23. The van der Waals surface area contributed by atoms with Crippen LogP contribution in [0.4, 0.5) is 8.78 Å². The van der Waals surface area contributed by atoms with Crippen molar-refractivity contribution in [3.05, 3.63) is 35.4 Å². The monoisotopic (exact) mass is 240 g/mol. The standard InChI is InChI=1S/C12H14F2N2O/c13-9-2-1-8(11(14)6-9)5-12(17)16-10-3-4-15-7-10/h1-2,6,10,15H,3-5,7H2,(H,16,17)/t10-/m1/s1. The van der Waals surface area contributed by atoms with Gasteiger partial charge in [0.1, 0.15) is 11.6 Å². The molecule has 1 aliphatic heterocycles. The summed E-state index contributed by atoms with van der Waals surface area (Å²) in [5.74, 6) is -1.54. The summed E-state index contributed by atoms with van der Waals surface area (Å²) in [7, 11) is 0. The molecule has 0 bridgehead atoms. The fourth-order valence-electron chi connectivity index (χ4n) is 1.89. The highest BCUT2D eigenvalue weighted by molar-refractivity contribution is 5.79. The van der Waals surface area contributed by atoms with Crippen molar-refractivity contribution in [1.29, 1.82) is 0 Å². The Bertz CT molecular complexity index is 417. The lowest BCUT2D eigenvalue weighted by Gasteiger charge is -2.11. The van der Waals surface area contributed by atoms with Gasteiger partial charge in [-0.25, -0.2) is 8.78 Å². The fraction of sp³-hybridized carbons (Fsp3) is 0.417. The van der Waals surface area contributed by atoms with Crippen LogP contribution in [0, 0.1) is 11.6 Å². The number of hydrogen-bond acceptors (Lipinski definition) is 2. The maximum Gasteiger partial charge on any atom is 0.224 e. The van der Waals surface area contributed by atoms with Crippen molar-refractivity contribution in [2.75, 3.05) is 13.1 Å². The van der Waals surface area contributed by atoms with E-state index in [1.54, 1.807) is 0 Å². The minimum Gasteiger partial charge on any atom is -0.352 e. The molecule has 1 amide bonds. The van der Waals surface area contributed by atoms with E-state index >= 15 is 0 Å². The summed E-state index contributed by atoms with van der Waals surface area (Å²) in [5, 5.41) is 5.93. The molecule has 0 aliphatic carbocycles. The van der Waals surface area contributed by atoms with Crippen LogP contribution < -0.4 is 10.6 Å². The molecule has 1 fully saturated rings. The van der Waals surface area contributed by atoms with Gasteiger partial charge in [0.2, 0.25) is 5.91 Å². The van der Waals surface area contributed by atoms with Crippen LogP contribution in [-0.2, 0) is 11.2 Å². The number of rotatable bonds is 3. The number of amides is 1. The molecular formula is C12H14F2N2O. The van der Waals surface area contributed by atoms with E-state index in [9.17, 15) is 13.6 Å². The Morgan fingerprint density at radius 1 is 1.47 bits per heavy atom. The molecule has 1 aromatic carbocycles.